The van der Waals surface area contributed by atoms with E-state index in [-0.39, 0.29) is 12.5 Å². The van der Waals surface area contributed by atoms with E-state index in [2.05, 4.69) is 30.4 Å². The fourth-order valence-electron chi connectivity index (χ4n) is 4.30. The number of nitrogens with one attached hydrogen (secondary N) is 2. The summed E-state index contributed by atoms with van der Waals surface area (Å²) in [7, 11) is 0. The van der Waals surface area contributed by atoms with Gasteiger partial charge in [-0.1, -0.05) is 76.5 Å². The number of terminal acetylenes is 1. The van der Waals surface area contributed by atoms with Gasteiger partial charge in [-0.25, -0.2) is 4.79 Å². The van der Waals surface area contributed by atoms with Crippen LogP contribution in [-0.2, 0) is 19.1 Å². The third-order valence-electron chi connectivity index (χ3n) is 6.23. The van der Waals surface area contributed by atoms with Crippen LogP contribution < -0.4 is 16.4 Å². The molecule has 0 fully saturated rings. The lowest BCUT2D eigenvalue weighted by molar-refractivity contribution is -0.143. The highest BCUT2D eigenvalue weighted by Crippen LogP contribution is 2.27. The number of primary amides is 1. The van der Waals surface area contributed by atoms with Crippen molar-refractivity contribution in [2.45, 2.75) is 110 Å². The number of hydrogen-bond acceptors (Lipinski definition) is 5. The standard InChI is InChI=1S/C31H48N4O5/c1-7-10-12-13-17-21-35(29(38)25(22-26(32)36)34-30(39)40-31(4,5)6)27(28(37)33-20-16-11-8-2)24-19-15-14-18-23(24)9-3/h3,14-15,18-19,25,27H,7-8,10-13,16-17,20-22H2,1-2,4-6H3,(H2,32,36)(H,33,37)(H,34,39). The second kappa shape index (κ2) is 17.9. The zero-order chi connectivity index (χ0) is 30.1. The number of carbonyl (C=O) groups excluding carboxylic acids is 4. The van der Waals surface area contributed by atoms with E-state index < -0.39 is 42.0 Å². The van der Waals surface area contributed by atoms with Crippen LogP contribution in [0.1, 0.15) is 110 Å². The van der Waals surface area contributed by atoms with Gasteiger partial charge in [-0.2, -0.15) is 0 Å². The summed E-state index contributed by atoms with van der Waals surface area (Å²) >= 11 is 0. The molecule has 0 aliphatic rings. The number of ether oxygens (including phenoxy) is 1. The molecule has 0 bridgehead atoms. The summed E-state index contributed by atoms with van der Waals surface area (Å²) in [6, 6.07) is 4.59. The van der Waals surface area contributed by atoms with E-state index in [1.54, 1.807) is 45.0 Å². The van der Waals surface area contributed by atoms with E-state index in [0.29, 0.717) is 24.1 Å². The molecule has 0 heterocycles. The SMILES string of the molecule is C#Cc1ccccc1C(C(=O)NCCCCC)N(CCCCCCC)C(=O)C(CC(N)=O)NC(=O)OC(C)(C)C. The number of nitrogens with zero attached hydrogens (tertiary/aromatic N) is 1. The van der Waals surface area contributed by atoms with Crippen molar-refractivity contribution in [3.8, 4) is 12.3 Å². The molecule has 222 valence electrons. The molecule has 0 aliphatic carbocycles. The Labute approximate surface area is 240 Å². The van der Waals surface area contributed by atoms with Gasteiger partial charge >= 0.3 is 6.09 Å². The summed E-state index contributed by atoms with van der Waals surface area (Å²) in [5, 5.41) is 5.46. The molecule has 1 rings (SSSR count). The Morgan fingerprint density at radius 1 is 1.00 bits per heavy atom. The van der Waals surface area contributed by atoms with Gasteiger partial charge in [-0.3, -0.25) is 14.4 Å². The Bertz CT molecular complexity index is 1010. The number of nitrogens with two attached hydrogens (primary N) is 1. The van der Waals surface area contributed by atoms with E-state index in [9.17, 15) is 19.2 Å². The summed E-state index contributed by atoms with van der Waals surface area (Å²) in [5.74, 6) is 0.857. The van der Waals surface area contributed by atoms with Crippen LogP contribution in [0.3, 0.4) is 0 Å². The minimum Gasteiger partial charge on any atom is -0.444 e. The van der Waals surface area contributed by atoms with Crippen molar-refractivity contribution >= 4 is 23.8 Å². The molecule has 1 aromatic carbocycles. The summed E-state index contributed by atoms with van der Waals surface area (Å²) in [5.41, 5.74) is 5.62. The van der Waals surface area contributed by atoms with Crippen molar-refractivity contribution in [1.82, 2.24) is 15.5 Å². The molecule has 9 heteroatoms. The number of carbonyl (C=O) groups is 4. The number of unbranched alkanes of at least 4 members (excludes halogenated alkanes) is 6. The molecule has 2 atom stereocenters. The van der Waals surface area contributed by atoms with Crippen molar-refractivity contribution in [3.63, 3.8) is 0 Å². The van der Waals surface area contributed by atoms with E-state index in [0.717, 1.165) is 44.9 Å². The monoisotopic (exact) mass is 556 g/mol. The number of rotatable bonds is 17. The van der Waals surface area contributed by atoms with Gasteiger partial charge in [0.2, 0.25) is 17.7 Å². The molecule has 0 saturated carbocycles. The first-order valence-corrected chi connectivity index (χ1v) is 14.4. The largest absolute Gasteiger partial charge is 0.444 e. The Hall–Kier alpha value is -3.54. The smallest absolute Gasteiger partial charge is 0.408 e. The first-order chi connectivity index (χ1) is 18.9. The number of hydrogen-bond donors (Lipinski definition) is 3. The predicted molar refractivity (Wildman–Crippen MR) is 157 cm³/mol. The summed E-state index contributed by atoms with van der Waals surface area (Å²) < 4.78 is 5.33. The first kappa shape index (κ1) is 34.5. The molecule has 0 aromatic heterocycles. The van der Waals surface area contributed by atoms with Gasteiger partial charge < -0.3 is 26.0 Å². The molecule has 9 nitrogen and oxygen atoms in total. The zero-order valence-corrected chi connectivity index (χ0v) is 24.9. The number of alkyl carbamates (subject to hydrolysis) is 1. The molecule has 40 heavy (non-hydrogen) atoms. The number of amides is 4. The lowest BCUT2D eigenvalue weighted by Gasteiger charge is -2.35. The molecule has 1 aromatic rings. The predicted octanol–water partition coefficient (Wildman–Crippen LogP) is 4.58. The van der Waals surface area contributed by atoms with Gasteiger partial charge in [-0.15, -0.1) is 6.42 Å². The van der Waals surface area contributed by atoms with Crippen LogP contribution in [0.15, 0.2) is 24.3 Å². The molecular formula is C31H48N4O5. The highest BCUT2D eigenvalue weighted by atomic mass is 16.6. The van der Waals surface area contributed by atoms with Crippen molar-refractivity contribution in [2.24, 2.45) is 5.73 Å². The molecule has 4 amide bonds. The highest BCUT2D eigenvalue weighted by Gasteiger charge is 2.37. The average Bonchev–Trinajstić information content (AvgIpc) is 2.88. The van der Waals surface area contributed by atoms with Gasteiger partial charge in [0.1, 0.15) is 17.7 Å². The van der Waals surface area contributed by atoms with Crippen molar-refractivity contribution in [2.75, 3.05) is 13.1 Å². The minimum absolute atomic E-state index is 0.222. The second-order valence-corrected chi connectivity index (χ2v) is 10.9. The normalized spacial score (nSPS) is 12.5. The molecular weight excluding hydrogens is 508 g/mol. The van der Waals surface area contributed by atoms with E-state index in [4.69, 9.17) is 16.9 Å². The van der Waals surface area contributed by atoms with Gasteiger partial charge in [0, 0.05) is 18.7 Å². The molecule has 0 aliphatic heterocycles. The molecule has 2 unspecified atom stereocenters. The van der Waals surface area contributed by atoms with Gasteiger partial charge in [0.05, 0.1) is 6.42 Å². The van der Waals surface area contributed by atoms with Crippen LogP contribution in [-0.4, -0.2) is 53.4 Å². The maximum absolute atomic E-state index is 14.1. The Balaban J connectivity index is 3.52. The molecule has 0 spiro atoms. The van der Waals surface area contributed by atoms with Gasteiger partial charge in [-0.05, 0) is 45.2 Å². The van der Waals surface area contributed by atoms with E-state index >= 15 is 0 Å². The van der Waals surface area contributed by atoms with Gasteiger partial charge in [0.15, 0.2) is 0 Å². The van der Waals surface area contributed by atoms with E-state index in [1.165, 1.54) is 4.90 Å². The van der Waals surface area contributed by atoms with Crippen molar-refractivity contribution in [3.05, 3.63) is 35.4 Å². The maximum atomic E-state index is 14.1. The van der Waals surface area contributed by atoms with Crippen LogP contribution in [0.4, 0.5) is 4.79 Å². The molecule has 0 radical (unpaired) electrons. The topological polar surface area (TPSA) is 131 Å². The van der Waals surface area contributed by atoms with Crippen LogP contribution in [0.25, 0.3) is 0 Å². The van der Waals surface area contributed by atoms with E-state index in [1.807, 2.05) is 0 Å². The number of benzene rings is 1. The van der Waals surface area contributed by atoms with Crippen LogP contribution >= 0.6 is 0 Å². The summed E-state index contributed by atoms with van der Waals surface area (Å²) in [4.78, 5) is 53.9. The first-order valence-electron chi connectivity index (χ1n) is 14.4. The summed E-state index contributed by atoms with van der Waals surface area (Å²) in [6.07, 6.45) is 11.8. The fraction of sp³-hybridized carbons (Fsp3) is 0.613. The van der Waals surface area contributed by atoms with Crippen LogP contribution in [0.5, 0.6) is 0 Å². The summed E-state index contributed by atoms with van der Waals surface area (Å²) in [6.45, 7) is 9.92. The Kier molecular flexibility index (Phi) is 15.5. The Morgan fingerprint density at radius 2 is 1.62 bits per heavy atom. The van der Waals surface area contributed by atoms with Gasteiger partial charge in [0.25, 0.3) is 0 Å². The maximum Gasteiger partial charge on any atom is 0.408 e. The second-order valence-electron chi connectivity index (χ2n) is 10.9. The minimum atomic E-state index is -1.32. The zero-order valence-electron chi connectivity index (χ0n) is 24.9. The van der Waals surface area contributed by atoms with Crippen LogP contribution in [0.2, 0.25) is 0 Å². The third kappa shape index (κ3) is 12.5. The molecule has 4 N–H and O–H groups in total. The fourth-order valence-corrected chi connectivity index (χ4v) is 4.30. The highest BCUT2D eigenvalue weighted by molar-refractivity contribution is 5.94. The molecule has 0 saturated heterocycles. The Morgan fingerprint density at radius 3 is 2.23 bits per heavy atom. The van der Waals surface area contributed by atoms with Crippen LogP contribution in [0, 0.1) is 12.3 Å². The quantitative estimate of drug-likeness (QED) is 0.191. The van der Waals surface area contributed by atoms with Crippen molar-refractivity contribution in [1.29, 1.82) is 0 Å². The third-order valence-corrected chi connectivity index (χ3v) is 6.23. The average molecular weight is 557 g/mol. The lowest BCUT2D eigenvalue weighted by atomic mass is 9.96. The van der Waals surface area contributed by atoms with Crippen molar-refractivity contribution < 1.29 is 23.9 Å². The lowest BCUT2D eigenvalue weighted by Crippen LogP contribution is -2.54.